The molecule has 0 saturated carbocycles. The zero-order chi connectivity index (χ0) is 15.8. The van der Waals surface area contributed by atoms with Gasteiger partial charge in [-0.15, -0.1) is 17.0 Å². The third kappa shape index (κ3) is 2.99. The van der Waals surface area contributed by atoms with Gasteiger partial charge in [-0.2, -0.15) is 0 Å². The molecule has 24 heavy (non-hydrogen) atoms. The highest BCUT2D eigenvalue weighted by molar-refractivity contribution is 8.93. The minimum Gasteiger partial charge on any atom is -0.504 e. The van der Waals surface area contributed by atoms with E-state index in [0.29, 0.717) is 0 Å². The van der Waals surface area contributed by atoms with Crippen LogP contribution in [-0.4, -0.2) is 16.8 Å². The summed E-state index contributed by atoms with van der Waals surface area (Å²) in [6.45, 7) is 0.882. The zero-order valence-electron chi connectivity index (χ0n) is 13.2. The fourth-order valence-corrected chi connectivity index (χ4v) is 3.54. The Bertz CT molecular complexity index is 873. The molecule has 0 bridgehead atoms. The summed E-state index contributed by atoms with van der Waals surface area (Å²) in [5.41, 5.74) is 3.49. The predicted octanol–water partition coefficient (Wildman–Crippen LogP) is 4.26. The quantitative estimate of drug-likeness (QED) is 0.577. The van der Waals surface area contributed by atoms with E-state index in [1.165, 1.54) is 16.3 Å². The van der Waals surface area contributed by atoms with Crippen LogP contribution in [0.4, 0.5) is 0 Å². The van der Waals surface area contributed by atoms with Crippen molar-refractivity contribution in [3.8, 4) is 11.5 Å². The average Bonchev–Trinajstić information content (AvgIpc) is 2.57. The van der Waals surface area contributed by atoms with Gasteiger partial charge in [-0.1, -0.05) is 42.5 Å². The summed E-state index contributed by atoms with van der Waals surface area (Å²) in [6, 6.07) is 18.3. The van der Waals surface area contributed by atoms with Gasteiger partial charge in [0.1, 0.15) is 0 Å². The second-order valence-electron chi connectivity index (χ2n) is 6.14. The Morgan fingerprint density at radius 3 is 2.58 bits per heavy atom. The van der Waals surface area contributed by atoms with Crippen molar-refractivity contribution >= 4 is 27.8 Å². The fourth-order valence-electron chi connectivity index (χ4n) is 3.54. The van der Waals surface area contributed by atoms with Crippen molar-refractivity contribution in [2.75, 3.05) is 6.54 Å². The number of aromatic hydroxyl groups is 2. The van der Waals surface area contributed by atoms with Gasteiger partial charge in [0, 0.05) is 6.04 Å². The summed E-state index contributed by atoms with van der Waals surface area (Å²) >= 11 is 0. The van der Waals surface area contributed by atoms with Crippen LogP contribution in [0.1, 0.15) is 22.7 Å². The Labute approximate surface area is 151 Å². The molecule has 0 aromatic heterocycles. The minimum absolute atomic E-state index is 0. The molecular formula is C20H20BrNO2. The Morgan fingerprint density at radius 2 is 1.71 bits per heavy atom. The highest BCUT2D eigenvalue weighted by atomic mass is 79.9. The lowest BCUT2D eigenvalue weighted by atomic mass is 9.88. The smallest absolute Gasteiger partial charge is 0.157 e. The molecule has 1 aliphatic heterocycles. The van der Waals surface area contributed by atoms with Gasteiger partial charge in [0.05, 0.1) is 0 Å². The van der Waals surface area contributed by atoms with E-state index in [-0.39, 0.29) is 34.5 Å². The maximum atomic E-state index is 9.85. The van der Waals surface area contributed by atoms with Gasteiger partial charge in [0.25, 0.3) is 0 Å². The Morgan fingerprint density at radius 1 is 0.958 bits per heavy atom. The molecule has 3 nitrogen and oxygen atoms in total. The topological polar surface area (TPSA) is 52.5 Å². The molecule has 4 rings (SSSR count). The minimum atomic E-state index is -0.0460. The van der Waals surface area contributed by atoms with Crippen molar-refractivity contribution in [1.82, 2.24) is 5.32 Å². The summed E-state index contributed by atoms with van der Waals surface area (Å²) < 4.78 is 0. The number of hydrogen-bond acceptors (Lipinski definition) is 3. The first kappa shape index (κ1) is 16.8. The molecule has 1 atom stereocenters. The third-order valence-electron chi connectivity index (χ3n) is 4.70. The summed E-state index contributed by atoms with van der Waals surface area (Å²) in [4.78, 5) is 0. The van der Waals surface area contributed by atoms with Crippen molar-refractivity contribution in [3.05, 3.63) is 71.3 Å². The van der Waals surface area contributed by atoms with E-state index in [0.717, 1.165) is 30.5 Å². The van der Waals surface area contributed by atoms with Crippen molar-refractivity contribution in [2.45, 2.75) is 18.9 Å². The van der Waals surface area contributed by atoms with E-state index < -0.39 is 0 Å². The highest BCUT2D eigenvalue weighted by Gasteiger charge is 2.22. The lowest BCUT2D eigenvalue weighted by Crippen LogP contribution is -2.31. The maximum absolute atomic E-state index is 9.85. The van der Waals surface area contributed by atoms with E-state index in [4.69, 9.17) is 0 Å². The number of nitrogens with one attached hydrogen (secondary N) is 1. The van der Waals surface area contributed by atoms with Gasteiger partial charge in [-0.25, -0.2) is 0 Å². The number of rotatable bonds is 2. The van der Waals surface area contributed by atoms with E-state index in [9.17, 15) is 10.2 Å². The molecule has 124 valence electrons. The lowest BCUT2D eigenvalue weighted by Gasteiger charge is -2.28. The molecule has 0 fully saturated rings. The van der Waals surface area contributed by atoms with Gasteiger partial charge in [-0.3, -0.25) is 0 Å². The van der Waals surface area contributed by atoms with Gasteiger partial charge in [0.2, 0.25) is 0 Å². The summed E-state index contributed by atoms with van der Waals surface area (Å²) in [5.74, 6) is -0.0788. The number of fused-ring (bicyclic) bond motifs is 2. The second-order valence-corrected chi connectivity index (χ2v) is 6.14. The molecule has 0 amide bonds. The van der Waals surface area contributed by atoms with Crippen LogP contribution in [-0.2, 0) is 12.8 Å². The van der Waals surface area contributed by atoms with Gasteiger partial charge in [0.15, 0.2) is 11.5 Å². The molecule has 3 aromatic carbocycles. The monoisotopic (exact) mass is 385 g/mol. The SMILES string of the molecule is Br.Oc1cc2c(cc1O)[C@H](Cc1cccc3ccccc13)NCC2. The molecule has 0 radical (unpaired) electrons. The van der Waals surface area contributed by atoms with Crippen LogP contribution in [0.25, 0.3) is 10.8 Å². The Kier molecular flexibility index (Phi) is 4.78. The van der Waals surface area contributed by atoms with E-state index in [2.05, 4.69) is 47.8 Å². The molecule has 4 heteroatoms. The van der Waals surface area contributed by atoms with Crippen LogP contribution in [0.3, 0.4) is 0 Å². The number of hydrogen-bond donors (Lipinski definition) is 3. The number of phenols is 2. The van der Waals surface area contributed by atoms with Gasteiger partial charge in [-0.05, 0) is 59.0 Å². The molecular weight excluding hydrogens is 366 g/mol. The third-order valence-corrected chi connectivity index (χ3v) is 4.70. The first-order chi connectivity index (χ1) is 11.2. The van der Waals surface area contributed by atoms with Crippen LogP contribution in [0.5, 0.6) is 11.5 Å². The van der Waals surface area contributed by atoms with Crippen LogP contribution in [0, 0.1) is 0 Å². The molecule has 0 unspecified atom stereocenters. The van der Waals surface area contributed by atoms with Crippen molar-refractivity contribution < 1.29 is 10.2 Å². The van der Waals surface area contributed by atoms with E-state index >= 15 is 0 Å². The molecule has 3 N–H and O–H groups in total. The predicted molar refractivity (Wildman–Crippen MR) is 102 cm³/mol. The van der Waals surface area contributed by atoms with Gasteiger partial charge < -0.3 is 15.5 Å². The standard InChI is InChI=1S/C20H19NO2.BrH/c22-19-11-15-8-9-21-18(17(15)12-20(19)23)10-14-6-3-5-13-4-1-2-7-16(13)14;/h1-7,11-12,18,21-23H,8-10H2;1H/t18-;/m0./s1. The molecule has 1 heterocycles. The average molecular weight is 386 g/mol. The summed E-state index contributed by atoms with van der Waals surface area (Å²) in [6.07, 6.45) is 1.73. The maximum Gasteiger partial charge on any atom is 0.157 e. The Balaban J connectivity index is 0.00000169. The molecule has 0 spiro atoms. The molecule has 0 saturated heterocycles. The molecule has 3 aromatic rings. The van der Waals surface area contributed by atoms with Crippen LogP contribution in [0.15, 0.2) is 54.6 Å². The van der Waals surface area contributed by atoms with Crippen molar-refractivity contribution in [3.63, 3.8) is 0 Å². The Hall–Kier alpha value is -2.04. The van der Waals surface area contributed by atoms with Crippen LogP contribution in [0.2, 0.25) is 0 Å². The molecule has 1 aliphatic rings. The largest absolute Gasteiger partial charge is 0.504 e. The summed E-state index contributed by atoms with van der Waals surface area (Å²) in [7, 11) is 0. The van der Waals surface area contributed by atoms with Crippen molar-refractivity contribution in [2.24, 2.45) is 0 Å². The normalized spacial score (nSPS) is 16.4. The van der Waals surface area contributed by atoms with Gasteiger partial charge >= 0.3 is 0 Å². The second kappa shape index (κ2) is 6.83. The van der Waals surface area contributed by atoms with Crippen LogP contribution < -0.4 is 5.32 Å². The number of halogens is 1. The molecule has 0 aliphatic carbocycles. The lowest BCUT2D eigenvalue weighted by molar-refractivity contribution is 0.398. The van der Waals surface area contributed by atoms with Crippen molar-refractivity contribution in [1.29, 1.82) is 0 Å². The number of phenolic OH excluding ortho intramolecular Hbond substituents is 2. The fraction of sp³-hybridized carbons (Fsp3) is 0.200. The first-order valence-electron chi connectivity index (χ1n) is 7.97. The number of benzene rings is 3. The van der Waals surface area contributed by atoms with E-state index in [1.807, 2.05) is 0 Å². The highest BCUT2D eigenvalue weighted by Crippen LogP contribution is 2.35. The van der Waals surface area contributed by atoms with E-state index in [1.54, 1.807) is 12.1 Å². The first-order valence-corrected chi connectivity index (χ1v) is 7.97. The van der Waals surface area contributed by atoms with Crippen LogP contribution >= 0.6 is 17.0 Å². The zero-order valence-corrected chi connectivity index (χ0v) is 14.9. The summed E-state index contributed by atoms with van der Waals surface area (Å²) in [5, 5.41) is 25.6.